The molecule has 1 heterocycles. The summed E-state index contributed by atoms with van der Waals surface area (Å²) in [5.74, 6) is -2.02. The lowest BCUT2D eigenvalue weighted by atomic mass is 9.95. The van der Waals surface area contributed by atoms with E-state index in [1.54, 1.807) is 20.8 Å². The summed E-state index contributed by atoms with van der Waals surface area (Å²) < 4.78 is 16.0. The minimum absolute atomic E-state index is 0.0490. The van der Waals surface area contributed by atoms with Crippen LogP contribution in [-0.2, 0) is 28.6 Å². The summed E-state index contributed by atoms with van der Waals surface area (Å²) in [5, 5.41) is 39.6. The van der Waals surface area contributed by atoms with Crippen LogP contribution in [0.2, 0.25) is 0 Å². The molecule has 0 radical (unpaired) electrons. The normalized spacial score (nSPS) is 25.0. The van der Waals surface area contributed by atoms with Crippen molar-refractivity contribution in [1.82, 2.24) is 21.3 Å². The number of alkyl carbamates (subject to hydrolysis) is 1. The molecule has 5 unspecified atom stereocenters. The predicted octanol–water partition coefficient (Wildman–Crippen LogP) is -2.13. The van der Waals surface area contributed by atoms with E-state index in [0.29, 0.717) is 0 Å². The summed E-state index contributed by atoms with van der Waals surface area (Å²) in [5.41, 5.74) is -0.851. The van der Waals surface area contributed by atoms with Gasteiger partial charge in [0.15, 0.2) is 6.23 Å². The van der Waals surface area contributed by atoms with E-state index in [2.05, 4.69) is 21.3 Å². The highest BCUT2D eigenvalue weighted by Crippen LogP contribution is 2.20. The number of ether oxygens (including phenoxy) is 3. The molecule has 36 heavy (non-hydrogen) atoms. The zero-order valence-electron chi connectivity index (χ0n) is 21.6. The number of aliphatic hydroxyl groups is 3. The van der Waals surface area contributed by atoms with Gasteiger partial charge in [0, 0.05) is 13.5 Å². The topological polar surface area (TPSA) is 205 Å². The molecule has 14 nitrogen and oxygen atoms in total. The van der Waals surface area contributed by atoms with Gasteiger partial charge in [0.1, 0.15) is 36.0 Å². The average molecular weight is 521 g/mol. The van der Waals surface area contributed by atoms with E-state index in [-0.39, 0.29) is 19.3 Å². The second-order valence-electron chi connectivity index (χ2n) is 9.67. The van der Waals surface area contributed by atoms with Gasteiger partial charge in [0.2, 0.25) is 17.7 Å². The Bertz CT molecular complexity index is 758. The molecule has 0 aromatic carbocycles. The van der Waals surface area contributed by atoms with Crippen LogP contribution in [-0.4, -0.2) is 107 Å². The highest BCUT2D eigenvalue weighted by molar-refractivity contribution is 5.91. The van der Waals surface area contributed by atoms with Crippen LogP contribution in [0.25, 0.3) is 0 Å². The molecule has 0 spiro atoms. The van der Waals surface area contributed by atoms with Gasteiger partial charge >= 0.3 is 6.09 Å². The van der Waals surface area contributed by atoms with Crippen molar-refractivity contribution >= 4 is 23.8 Å². The van der Waals surface area contributed by atoms with Crippen molar-refractivity contribution in [3.8, 4) is 0 Å². The van der Waals surface area contributed by atoms with Gasteiger partial charge in [-0.2, -0.15) is 0 Å². The minimum atomic E-state index is -1.56. The van der Waals surface area contributed by atoms with Crippen molar-refractivity contribution in [2.75, 3.05) is 19.8 Å². The van der Waals surface area contributed by atoms with Gasteiger partial charge < -0.3 is 50.8 Å². The van der Waals surface area contributed by atoms with Gasteiger partial charge in [-0.3, -0.25) is 14.4 Å². The average Bonchev–Trinajstić information content (AvgIpc) is 2.74. The Morgan fingerprint density at radius 1 is 1.06 bits per heavy atom. The quantitative estimate of drug-likeness (QED) is 0.147. The number of nitrogens with one attached hydrogen (secondary N) is 4. The van der Waals surface area contributed by atoms with Crippen LogP contribution < -0.4 is 21.3 Å². The summed E-state index contributed by atoms with van der Waals surface area (Å²) >= 11 is 0. The Hall–Kier alpha value is -2.52. The Morgan fingerprint density at radius 2 is 1.69 bits per heavy atom. The third-order valence-electron chi connectivity index (χ3n) is 4.85. The lowest BCUT2D eigenvalue weighted by Gasteiger charge is -2.42. The van der Waals surface area contributed by atoms with Gasteiger partial charge in [0.05, 0.1) is 25.7 Å². The van der Waals surface area contributed by atoms with Crippen LogP contribution in [0.4, 0.5) is 4.79 Å². The summed E-state index contributed by atoms with van der Waals surface area (Å²) in [7, 11) is 0. The van der Waals surface area contributed by atoms with Crippen LogP contribution in [0.5, 0.6) is 0 Å². The molecule has 0 saturated carbocycles. The molecule has 208 valence electrons. The SMILES string of the molecule is CC(=O)NC1C(NC(=O)C[C@H](NC(=O)OC(C)(C)C)C(=O)NCCOC(C)C)OC(CO)C(O)C1O. The number of amides is 4. The van der Waals surface area contributed by atoms with E-state index in [0.717, 1.165) is 0 Å². The first-order chi connectivity index (χ1) is 16.6. The Balaban J connectivity index is 2.94. The highest BCUT2D eigenvalue weighted by atomic mass is 16.6. The second kappa shape index (κ2) is 14.3. The molecule has 1 rings (SSSR count). The van der Waals surface area contributed by atoms with Gasteiger partial charge in [-0.1, -0.05) is 0 Å². The van der Waals surface area contributed by atoms with E-state index >= 15 is 0 Å². The molecule has 1 aliphatic heterocycles. The summed E-state index contributed by atoms with van der Waals surface area (Å²) in [6, 6.07) is -2.59. The molecule has 1 saturated heterocycles. The molecule has 0 aromatic rings. The van der Waals surface area contributed by atoms with Gasteiger partial charge in [-0.15, -0.1) is 0 Å². The predicted molar refractivity (Wildman–Crippen MR) is 125 cm³/mol. The van der Waals surface area contributed by atoms with Crippen LogP contribution in [0.1, 0.15) is 48.0 Å². The Morgan fingerprint density at radius 3 is 2.22 bits per heavy atom. The van der Waals surface area contributed by atoms with Crippen LogP contribution >= 0.6 is 0 Å². The lowest BCUT2D eigenvalue weighted by Crippen LogP contribution is -2.68. The summed E-state index contributed by atoms with van der Waals surface area (Å²) in [6.45, 7) is 9.42. The third kappa shape index (κ3) is 11.0. The first-order valence-corrected chi connectivity index (χ1v) is 11.7. The fraction of sp³-hybridized carbons (Fsp3) is 0.818. The number of rotatable bonds is 11. The molecule has 14 heteroatoms. The molecule has 7 N–H and O–H groups in total. The zero-order valence-corrected chi connectivity index (χ0v) is 21.6. The largest absolute Gasteiger partial charge is 0.444 e. The van der Waals surface area contributed by atoms with Gasteiger partial charge in [-0.05, 0) is 34.6 Å². The Labute approximate surface area is 210 Å². The smallest absolute Gasteiger partial charge is 0.408 e. The van der Waals surface area contributed by atoms with Crippen LogP contribution in [0.3, 0.4) is 0 Å². The van der Waals surface area contributed by atoms with Crippen molar-refractivity contribution in [3.05, 3.63) is 0 Å². The van der Waals surface area contributed by atoms with Crippen molar-refractivity contribution in [3.63, 3.8) is 0 Å². The molecule has 0 bridgehead atoms. The number of hydrogen-bond donors (Lipinski definition) is 7. The van der Waals surface area contributed by atoms with Crippen LogP contribution in [0, 0.1) is 0 Å². The molecule has 6 atom stereocenters. The van der Waals surface area contributed by atoms with Gasteiger partial charge in [-0.25, -0.2) is 4.79 Å². The first-order valence-electron chi connectivity index (χ1n) is 11.7. The maximum absolute atomic E-state index is 12.8. The van der Waals surface area contributed by atoms with Crippen molar-refractivity contribution in [1.29, 1.82) is 0 Å². The van der Waals surface area contributed by atoms with E-state index in [1.165, 1.54) is 6.92 Å². The first kappa shape index (κ1) is 31.5. The molecule has 1 fully saturated rings. The molecule has 1 aliphatic rings. The maximum atomic E-state index is 12.8. The van der Waals surface area contributed by atoms with Crippen molar-refractivity contribution in [2.24, 2.45) is 0 Å². The molecule has 4 amide bonds. The fourth-order valence-electron chi connectivity index (χ4n) is 3.29. The van der Waals surface area contributed by atoms with E-state index in [1.807, 2.05) is 13.8 Å². The second-order valence-corrected chi connectivity index (χ2v) is 9.67. The zero-order chi connectivity index (χ0) is 27.6. The monoisotopic (exact) mass is 520 g/mol. The highest BCUT2D eigenvalue weighted by Gasteiger charge is 2.45. The molecule has 0 aromatic heterocycles. The van der Waals surface area contributed by atoms with E-state index in [4.69, 9.17) is 14.2 Å². The summed E-state index contributed by atoms with van der Waals surface area (Å²) in [6.07, 6.45) is -7.20. The van der Waals surface area contributed by atoms with Crippen LogP contribution in [0.15, 0.2) is 0 Å². The maximum Gasteiger partial charge on any atom is 0.408 e. The number of aliphatic hydroxyl groups excluding tert-OH is 3. The lowest BCUT2D eigenvalue weighted by molar-refractivity contribution is -0.203. The van der Waals surface area contributed by atoms with Crippen molar-refractivity contribution < 1.29 is 48.7 Å². The fourth-order valence-corrected chi connectivity index (χ4v) is 3.29. The molecule has 0 aliphatic carbocycles. The Kier molecular flexibility index (Phi) is 12.5. The minimum Gasteiger partial charge on any atom is -0.444 e. The number of carbonyl (C=O) groups excluding carboxylic acids is 4. The van der Waals surface area contributed by atoms with E-state index in [9.17, 15) is 34.5 Å². The van der Waals surface area contributed by atoms with Gasteiger partial charge in [0.25, 0.3) is 0 Å². The van der Waals surface area contributed by atoms with Crippen molar-refractivity contribution in [2.45, 2.75) is 96.3 Å². The third-order valence-corrected chi connectivity index (χ3v) is 4.85. The number of carbonyl (C=O) groups is 4. The molecular formula is C22H40N4O10. The number of hydrogen-bond acceptors (Lipinski definition) is 10. The molecular weight excluding hydrogens is 480 g/mol. The van der Waals surface area contributed by atoms with E-state index < -0.39 is 79.1 Å². The standard InChI is InChI=1S/C22H40N4O10/c1-11(2)34-8-7-23-19(32)13(25-21(33)36-22(4,5)6)9-15(29)26-20-16(24-12(3)28)18(31)17(30)14(10-27)35-20/h11,13-14,16-18,20,27,30-31H,7-10H2,1-6H3,(H,23,32)(H,24,28)(H,25,33)(H,26,29)/t13-,14?,16?,17?,18?,20?/m0/s1. The summed E-state index contributed by atoms with van der Waals surface area (Å²) in [4.78, 5) is 49.4.